The van der Waals surface area contributed by atoms with E-state index in [1.807, 2.05) is 22.4 Å². The second-order valence-electron chi connectivity index (χ2n) is 4.32. The van der Waals surface area contributed by atoms with Crippen molar-refractivity contribution in [1.82, 2.24) is 29.3 Å². The topological polar surface area (TPSA) is 73.5 Å². The summed E-state index contributed by atoms with van der Waals surface area (Å²) in [6.07, 6.45) is 6.27. The van der Waals surface area contributed by atoms with Crippen LogP contribution in [0.3, 0.4) is 0 Å². The number of hydrogen-bond donors (Lipinski definition) is 1. The highest BCUT2D eigenvalue weighted by molar-refractivity contribution is 5.71. The van der Waals surface area contributed by atoms with Gasteiger partial charge < -0.3 is 9.88 Å². The van der Waals surface area contributed by atoms with Gasteiger partial charge in [-0.05, 0) is 6.42 Å². The molecule has 0 bridgehead atoms. The lowest BCUT2D eigenvalue weighted by molar-refractivity contribution is 0.609. The molecule has 0 atom stereocenters. The quantitative estimate of drug-likeness (QED) is 0.770. The number of aryl methyl sites for hydroxylation is 2. The Balaban J connectivity index is 1.90. The van der Waals surface area contributed by atoms with E-state index in [4.69, 9.17) is 0 Å². The molecule has 98 valence electrons. The standard InChI is InChI=1S/C12H15N7/c1-3-6-19-10(4-5-15-19)16-12-13-7-9-11(17-12)14-8-18(9)2/h4-5,7-8H,3,6H2,1-2H3,(H,13,16,17). The van der Waals surface area contributed by atoms with Crippen molar-refractivity contribution in [2.45, 2.75) is 19.9 Å². The minimum absolute atomic E-state index is 0.532. The van der Waals surface area contributed by atoms with E-state index in [-0.39, 0.29) is 0 Å². The van der Waals surface area contributed by atoms with Gasteiger partial charge in [0, 0.05) is 19.7 Å². The van der Waals surface area contributed by atoms with Crippen LogP contribution < -0.4 is 5.32 Å². The number of anilines is 2. The van der Waals surface area contributed by atoms with Crippen LogP contribution in [-0.4, -0.2) is 29.3 Å². The van der Waals surface area contributed by atoms with Crippen molar-refractivity contribution in [2.24, 2.45) is 7.05 Å². The first-order valence-electron chi connectivity index (χ1n) is 6.21. The Morgan fingerprint density at radius 3 is 3.05 bits per heavy atom. The van der Waals surface area contributed by atoms with Gasteiger partial charge in [-0.25, -0.2) is 14.6 Å². The number of imidazole rings is 1. The summed E-state index contributed by atoms with van der Waals surface area (Å²) in [6, 6.07) is 1.90. The molecule has 19 heavy (non-hydrogen) atoms. The second kappa shape index (κ2) is 4.68. The van der Waals surface area contributed by atoms with Crippen LogP contribution >= 0.6 is 0 Å². The maximum absolute atomic E-state index is 4.38. The molecule has 0 spiro atoms. The summed E-state index contributed by atoms with van der Waals surface area (Å²) in [5, 5.41) is 7.42. The molecular formula is C12H15N7. The van der Waals surface area contributed by atoms with E-state index in [1.165, 1.54) is 0 Å². The van der Waals surface area contributed by atoms with Gasteiger partial charge >= 0.3 is 0 Å². The monoisotopic (exact) mass is 257 g/mol. The van der Waals surface area contributed by atoms with Crippen LogP contribution in [0, 0.1) is 0 Å². The lowest BCUT2D eigenvalue weighted by Crippen LogP contribution is -2.06. The predicted octanol–water partition coefficient (Wildman–Crippen LogP) is 1.71. The van der Waals surface area contributed by atoms with Crippen LogP contribution in [0.2, 0.25) is 0 Å². The van der Waals surface area contributed by atoms with Crippen LogP contribution in [0.25, 0.3) is 11.2 Å². The Labute approximate surface area is 110 Å². The van der Waals surface area contributed by atoms with Crippen LogP contribution in [0.1, 0.15) is 13.3 Å². The van der Waals surface area contributed by atoms with E-state index >= 15 is 0 Å². The molecule has 3 aromatic heterocycles. The van der Waals surface area contributed by atoms with E-state index in [0.29, 0.717) is 11.6 Å². The van der Waals surface area contributed by atoms with Gasteiger partial charge in [-0.3, -0.25) is 0 Å². The molecule has 0 fully saturated rings. The first-order valence-corrected chi connectivity index (χ1v) is 6.21. The van der Waals surface area contributed by atoms with Crippen molar-refractivity contribution < 1.29 is 0 Å². The number of fused-ring (bicyclic) bond motifs is 1. The maximum Gasteiger partial charge on any atom is 0.230 e. The van der Waals surface area contributed by atoms with Gasteiger partial charge in [-0.15, -0.1) is 0 Å². The van der Waals surface area contributed by atoms with Crippen molar-refractivity contribution in [3.05, 3.63) is 24.8 Å². The summed E-state index contributed by atoms with van der Waals surface area (Å²) >= 11 is 0. The van der Waals surface area contributed by atoms with Crippen molar-refractivity contribution in [2.75, 3.05) is 5.32 Å². The number of nitrogens with zero attached hydrogens (tertiary/aromatic N) is 6. The third-order valence-electron chi connectivity index (χ3n) is 2.88. The third-order valence-corrected chi connectivity index (χ3v) is 2.88. The van der Waals surface area contributed by atoms with Crippen molar-refractivity contribution >= 4 is 22.9 Å². The highest BCUT2D eigenvalue weighted by atomic mass is 15.3. The first-order chi connectivity index (χ1) is 9.28. The average molecular weight is 257 g/mol. The molecule has 3 heterocycles. The Bertz CT molecular complexity index is 697. The van der Waals surface area contributed by atoms with Gasteiger partial charge in [-0.1, -0.05) is 6.92 Å². The summed E-state index contributed by atoms with van der Waals surface area (Å²) in [5.41, 5.74) is 1.59. The molecule has 7 heteroatoms. The summed E-state index contributed by atoms with van der Waals surface area (Å²) in [4.78, 5) is 12.9. The molecular weight excluding hydrogens is 242 g/mol. The molecule has 0 saturated heterocycles. The Kier molecular flexibility index (Phi) is 2.86. The minimum atomic E-state index is 0.532. The highest BCUT2D eigenvalue weighted by Gasteiger charge is 2.07. The smallest absolute Gasteiger partial charge is 0.230 e. The third kappa shape index (κ3) is 2.14. The van der Waals surface area contributed by atoms with Crippen molar-refractivity contribution in [3.63, 3.8) is 0 Å². The predicted molar refractivity (Wildman–Crippen MR) is 72.1 cm³/mol. The molecule has 0 amide bonds. The maximum atomic E-state index is 4.38. The molecule has 0 aliphatic heterocycles. The fourth-order valence-electron chi connectivity index (χ4n) is 1.92. The van der Waals surface area contributed by atoms with Gasteiger partial charge in [0.15, 0.2) is 5.65 Å². The fourth-order valence-corrected chi connectivity index (χ4v) is 1.92. The SMILES string of the molecule is CCCn1nccc1Nc1ncc2c(ncn2C)n1. The zero-order valence-electron chi connectivity index (χ0n) is 10.9. The lowest BCUT2D eigenvalue weighted by Gasteiger charge is -2.07. The molecule has 7 nitrogen and oxygen atoms in total. The Morgan fingerprint density at radius 2 is 2.21 bits per heavy atom. The Hall–Kier alpha value is -2.44. The van der Waals surface area contributed by atoms with Crippen LogP contribution in [-0.2, 0) is 13.6 Å². The van der Waals surface area contributed by atoms with E-state index in [9.17, 15) is 0 Å². The molecule has 0 aromatic carbocycles. The van der Waals surface area contributed by atoms with Crippen LogP contribution in [0.4, 0.5) is 11.8 Å². The van der Waals surface area contributed by atoms with Gasteiger partial charge in [0.2, 0.25) is 5.95 Å². The summed E-state index contributed by atoms with van der Waals surface area (Å²) in [6.45, 7) is 2.98. The van der Waals surface area contributed by atoms with Crippen molar-refractivity contribution in [1.29, 1.82) is 0 Å². The van der Waals surface area contributed by atoms with E-state index < -0.39 is 0 Å². The van der Waals surface area contributed by atoms with E-state index in [1.54, 1.807) is 18.7 Å². The second-order valence-corrected chi connectivity index (χ2v) is 4.32. The molecule has 0 radical (unpaired) electrons. The molecule has 0 aliphatic rings. The van der Waals surface area contributed by atoms with Gasteiger partial charge in [0.25, 0.3) is 0 Å². The number of hydrogen-bond acceptors (Lipinski definition) is 5. The summed E-state index contributed by atoms with van der Waals surface area (Å²) in [5.74, 6) is 1.42. The summed E-state index contributed by atoms with van der Waals surface area (Å²) in [7, 11) is 1.92. The zero-order chi connectivity index (χ0) is 13.2. The van der Waals surface area contributed by atoms with Crippen molar-refractivity contribution in [3.8, 4) is 0 Å². The number of nitrogens with one attached hydrogen (secondary N) is 1. The largest absolute Gasteiger partial charge is 0.331 e. The van der Waals surface area contributed by atoms with Gasteiger partial charge in [0.1, 0.15) is 11.3 Å². The first kappa shape index (κ1) is 11.6. The van der Waals surface area contributed by atoms with E-state index in [2.05, 4.69) is 32.3 Å². The lowest BCUT2D eigenvalue weighted by atomic mass is 10.5. The molecule has 3 rings (SSSR count). The minimum Gasteiger partial charge on any atom is -0.331 e. The molecule has 0 unspecified atom stereocenters. The highest BCUT2D eigenvalue weighted by Crippen LogP contribution is 2.15. The van der Waals surface area contributed by atoms with Crippen LogP contribution in [0.15, 0.2) is 24.8 Å². The average Bonchev–Trinajstić information content (AvgIpc) is 2.98. The van der Waals surface area contributed by atoms with E-state index in [0.717, 1.165) is 24.3 Å². The van der Waals surface area contributed by atoms with Gasteiger partial charge in [0.05, 0.1) is 18.7 Å². The molecule has 3 aromatic rings. The number of rotatable bonds is 4. The zero-order valence-corrected chi connectivity index (χ0v) is 10.9. The van der Waals surface area contributed by atoms with Gasteiger partial charge in [-0.2, -0.15) is 10.1 Å². The molecule has 1 N–H and O–H groups in total. The number of aromatic nitrogens is 6. The normalized spacial score (nSPS) is 11.1. The molecule has 0 aliphatic carbocycles. The fraction of sp³-hybridized carbons (Fsp3) is 0.333. The summed E-state index contributed by atoms with van der Waals surface area (Å²) < 4.78 is 3.78. The Morgan fingerprint density at radius 1 is 1.32 bits per heavy atom. The van der Waals surface area contributed by atoms with Crippen LogP contribution in [0.5, 0.6) is 0 Å². The molecule has 0 saturated carbocycles.